The Bertz CT molecular complexity index is 1640. The zero-order chi connectivity index (χ0) is 25.5. The molecule has 2 aromatic carbocycles. The predicted molar refractivity (Wildman–Crippen MR) is 136 cm³/mol. The minimum atomic E-state index is -0.198. The number of rotatable bonds is 6. The number of nitrogens with zero attached hydrogens (tertiary/aromatic N) is 6. The van der Waals surface area contributed by atoms with E-state index >= 15 is 0 Å². The van der Waals surface area contributed by atoms with Crippen molar-refractivity contribution >= 4 is 17.4 Å². The molecule has 0 aliphatic carbocycles. The van der Waals surface area contributed by atoms with Crippen molar-refractivity contribution in [3.63, 3.8) is 0 Å². The van der Waals surface area contributed by atoms with Crippen molar-refractivity contribution in [2.45, 2.75) is 32.8 Å². The Morgan fingerprint density at radius 2 is 1.95 bits per heavy atom. The number of carbonyl (C=O) groups is 1. The number of aromatic nitrogens is 6. The van der Waals surface area contributed by atoms with Gasteiger partial charge in [-0.2, -0.15) is 14.3 Å². The van der Waals surface area contributed by atoms with Gasteiger partial charge in [0.05, 0.1) is 12.8 Å². The Morgan fingerprint density at radius 3 is 2.78 bits per heavy atom. The Labute approximate surface area is 212 Å². The van der Waals surface area contributed by atoms with E-state index in [-0.39, 0.29) is 11.8 Å². The first-order valence-corrected chi connectivity index (χ1v) is 11.9. The first-order valence-electron chi connectivity index (χ1n) is 11.9. The van der Waals surface area contributed by atoms with Crippen molar-refractivity contribution < 1.29 is 14.3 Å². The van der Waals surface area contributed by atoms with Gasteiger partial charge in [0.2, 0.25) is 5.91 Å². The SMILES string of the molecule is COc1cc([C@@H]2CC(=O)Nc3c2c(C)nn3-c2ccc3nncn3n2)ccc1OCc1cccc(C)c1. The van der Waals surface area contributed by atoms with E-state index in [4.69, 9.17) is 14.6 Å². The number of ether oxygens (including phenoxy) is 2. The fraction of sp³-hybridized carbons (Fsp3) is 0.222. The van der Waals surface area contributed by atoms with E-state index in [1.165, 1.54) is 11.9 Å². The molecule has 0 saturated carbocycles. The van der Waals surface area contributed by atoms with Crippen molar-refractivity contribution in [2.75, 3.05) is 12.4 Å². The van der Waals surface area contributed by atoms with Crippen LogP contribution >= 0.6 is 0 Å². The quantitative estimate of drug-likeness (QED) is 0.379. The second-order valence-electron chi connectivity index (χ2n) is 9.08. The van der Waals surface area contributed by atoms with Crippen LogP contribution in [0, 0.1) is 13.8 Å². The number of hydrogen-bond acceptors (Lipinski definition) is 7. The van der Waals surface area contributed by atoms with Crippen LogP contribution in [0.1, 0.15) is 40.3 Å². The molecule has 0 bridgehead atoms. The van der Waals surface area contributed by atoms with Gasteiger partial charge in [0, 0.05) is 17.9 Å². The lowest BCUT2D eigenvalue weighted by molar-refractivity contribution is -0.116. The van der Waals surface area contributed by atoms with E-state index in [1.54, 1.807) is 28.4 Å². The molecule has 1 aliphatic heterocycles. The standard InChI is InChI=1S/C27H25N7O3/c1-16-5-4-6-18(11-16)14-37-21-8-7-19(12-22(21)36-3)20-13-25(35)29-27-26(20)17(2)31-34(27)24-10-9-23-30-28-15-33(23)32-24/h4-12,15,20H,13-14H2,1-3H3,(H,29,35)/t20-/m0/s1. The number of fused-ring (bicyclic) bond motifs is 2. The van der Waals surface area contributed by atoms with Crippen LogP contribution in [-0.2, 0) is 11.4 Å². The summed E-state index contributed by atoms with van der Waals surface area (Å²) in [4.78, 5) is 12.8. The summed E-state index contributed by atoms with van der Waals surface area (Å²) in [5.41, 5.74) is 5.59. The number of aryl methyl sites for hydroxylation is 2. The molecule has 0 spiro atoms. The van der Waals surface area contributed by atoms with Crippen molar-refractivity contribution in [1.29, 1.82) is 0 Å². The van der Waals surface area contributed by atoms with Gasteiger partial charge in [-0.3, -0.25) is 4.79 Å². The summed E-state index contributed by atoms with van der Waals surface area (Å²) in [6, 6.07) is 17.6. The number of amides is 1. The maximum Gasteiger partial charge on any atom is 0.226 e. The average Bonchev–Trinajstić information content (AvgIpc) is 3.50. The molecule has 0 radical (unpaired) electrons. The first-order chi connectivity index (χ1) is 18.0. The molecule has 10 nitrogen and oxygen atoms in total. The van der Waals surface area contributed by atoms with Gasteiger partial charge in [-0.25, -0.2) is 0 Å². The topological polar surface area (TPSA) is 108 Å². The fourth-order valence-electron chi connectivity index (χ4n) is 4.81. The second-order valence-corrected chi connectivity index (χ2v) is 9.08. The summed E-state index contributed by atoms with van der Waals surface area (Å²) in [7, 11) is 1.62. The van der Waals surface area contributed by atoms with Crippen molar-refractivity contribution in [3.8, 4) is 17.3 Å². The number of hydrogen-bond donors (Lipinski definition) is 1. The molecule has 186 valence electrons. The lowest BCUT2D eigenvalue weighted by atomic mass is 9.85. The van der Waals surface area contributed by atoms with Gasteiger partial charge < -0.3 is 14.8 Å². The third-order valence-corrected chi connectivity index (χ3v) is 6.53. The Balaban J connectivity index is 1.34. The molecule has 1 amide bonds. The number of nitrogens with one attached hydrogen (secondary N) is 1. The van der Waals surface area contributed by atoms with Crippen LogP contribution < -0.4 is 14.8 Å². The second kappa shape index (κ2) is 9.05. The van der Waals surface area contributed by atoms with Gasteiger partial charge in [0.1, 0.15) is 18.8 Å². The smallest absolute Gasteiger partial charge is 0.226 e. The molecule has 0 fully saturated rings. The van der Waals surface area contributed by atoms with Crippen LogP contribution in [-0.4, -0.2) is 42.6 Å². The Morgan fingerprint density at radius 1 is 1.05 bits per heavy atom. The lowest BCUT2D eigenvalue weighted by Gasteiger charge is -2.25. The van der Waals surface area contributed by atoms with E-state index < -0.39 is 0 Å². The zero-order valence-electron chi connectivity index (χ0n) is 20.7. The van der Waals surface area contributed by atoms with Crippen LogP contribution in [0.15, 0.2) is 60.9 Å². The van der Waals surface area contributed by atoms with E-state index in [9.17, 15) is 4.79 Å². The summed E-state index contributed by atoms with van der Waals surface area (Å²) in [5, 5.41) is 20.1. The highest BCUT2D eigenvalue weighted by Gasteiger charge is 2.33. The van der Waals surface area contributed by atoms with Gasteiger partial charge in [-0.05, 0) is 49.2 Å². The molecular formula is C27H25N7O3. The molecule has 37 heavy (non-hydrogen) atoms. The number of carbonyl (C=O) groups excluding carboxylic acids is 1. The third-order valence-electron chi connectivity index (χ3n) is 6.53. The summed E-state index contributed by atoms with van der Waals surface area (Å²) < 4.78 is 15.0. The molecule has 1 N–H and O–H groups in total. The molecular weight excluding hydrogens is 470 g/mol. The zero-order valence-corrected chi connectivity index (χ0v) is 20.7. The molecule has 0 unspecified atom stereocenters. The van der Waals surface area contributed by atoms with Crippen molar-refractivity contribution in [2.24, 2.45) is 0 Å². The fourth-order valence-corrected chi connectivity index (χ4v) is 4.81. The van der Waals surface area contributed by atoms with Crippen LogP contribution in [0.2, 0.25) is 0 Å². The molecule has 5 aromatic rings. The molecule has 6 rings (SSSR count). The normalized spacial score (nSPS) is 14.9. The predicted octanol–water partition coefficient (Wildman–Crippen LogP) is 3.99. The molecule has 3 aromatic heterocycles. The lowest BCUT2D eigenvalue weighted by Crippen LogP contribution is -2.25. The van der Waals surface area contributed by atoms with Crippen LogP contribution in [0.25, 0.3) is 11.5 Å². The molecule has 1 aliphatic rings. The number of benzene rings is 2. The van der Waals surface area contributed by atoms with Crippen molar-refractivity contribution in [3.05, 3.63) is 88.9 Å². The maximum absolute atomic E-state index is 12.8. The average molecular weight is 496 g/mol. The highest BCUT2D eigenvalue weighted by atomic mass is 16.5. The first kappa shape index (κ1) is 22.7. The minimum Gasteiger partial charge on any atom is -0.493 e. The molecule has 10 heteroatoms. The highest BCUT2D eigenvalue weighted by molar-refractivity contribution is 5.95. The maximum atomic E-state index is 12.8. The van der Waals surface area contributed by atoms with Gasteiger partial charge in [-0.15, -0.1) is 15.3 Å². The summed E-state index contributed by atoms with van der Waals surface area (Å²) >= 11 is 0. The highest BCUT2D eigenvalue weighted by Crippen LogP contribution is 2.42. The molecule has 1 atom stereocenters. The van der Waals surface area contributed by atoms with Crippen molar-refractivity contribution in [1.82, 2.24) is 29.6 Å². The van der Waals surface area contributed by atoms with Crippen LogP contribution in [0.5, 0.6) is 11.5 Å². The third kappa shape index (κ3) is 4.16. The van der Waals surface area contributed by atoms with Gasteiger partial charge in [-0.1, -0.05) is 35.9 Å². The largest absolute Gasteiger partial charge is 0.493 e. The van der Waals surface area contributed by atoms with Crippen LogP contribution in [0.3, 0.4) is 0 Å². The Kier molecular flexibility index (Phi) is 5.56. The van der Waals surface area contributed by atoms with Crippen LogP contribution in [0.4, 0.5) is 5.82 Å². The van der Waals surface area contributed by atoms with E-state index in [0.29, 0.717) is 41.8 Å². The summed E-state index contributed by atoms with van der Waals surface area (Å²) in [6.45, 7) is 4.43. The minimum absolute atomic E-state index is 0.0947. The number of anilines is 1. The summed E-state index contributed by atoms with van der Waals surface area (Å²) in [5.74, 6) is 2.13. The number of methoxy groups -OCH3 is 1. The van der Waals surface area contributed by atoms with Gasteiger partial charge in [0.15, 0.2) is 23.0 Å². The molecule has 0 saturated heterocycles. The Hall–Kier alpha value is -4.73. The molecule has 4 heterocycles. The van der Waals surface area contributed by atoms with E-state index in [0.717, 1.165) is 22.4 Å². The van der Waals surface area contributed by atoms with E-state index in [1.807, 2.05) is 37.3 Å². The van der Waals surface area contributed by atoms with E-state index in [2.05, 4.69) is 39.7 Å². The summed E-state index contributed by atoms with van der Waals surface area (Å²) in [6.07, 6.45) is 1.82. The van der Waals surface area contributed by atoms with Gasteiger partial charge >= 0.3 is 0 Å². The monoisotopic (exact) mass is 495 g/mol. The van der Waals surface area contributed by atoms with Gasteiger partial charge in [0.25, 0.3) is 0 Å².